The maximum Gasteiger partial charge on any atom is 0.252 e. The zero-order chi connectivity index (χ0) is 26.5. The Bertz CT molecular complexity index is 1290. The lowest BCUT2D eigenvalue weighted by Gasteiger charge is -2.37. The van der Waals surface area contributed by atoms with Gasteiger partial charge in [-0.05, 0) is 100.0 Å². The van der Waals surface area contributed by atoms with Crippen molar-refractivity contribution in [1.82, 2.24) is 20.9 Å². The van der Waals surface area contributed by atoms with Crippen molar-refractivity contribution < 1.29 is 23.5 Å². The Morgan fingerprint density at radius 3 is 2.63 bits per heavy atom. The Hall–Kier alpha value is -3.59. The van der Waals surface area contributed by atoms with Gasteiger partial charge in [0.05, 0.1) is 13.2 Å². The van der Waals surface area contributed by atoms with Crippen molar-refractivity contribution in [2.75, 3.05) is 26.7 Å². The summed E-state index contributed by atoms with van der Waals surface area (Å²) in [6, 6.07) is 9.75. The average Bonchev–Trinajstić information content (AvgIpc) is 3.59. The van der Waals surface area contributed by atoms with Crippen molar-refractivity contribution in [3.05, 3.63) is 59.5 Å². The van der Waals surface area contributed by atoms with Crippen LogP contribution in [0.2, 0.25) is 0 Å². The molecule has 2 aliphatic rings. The summed E-state index contributed by atoms with van der Waals surface area (Å²) < 4.78 is 25.3. The predicted octanol–water partition coefficient (Wildman–Crippen LogP) is 3.85. The SMILES string of the molecule is COc1ccc(C(=O)NC2(C(=O)NCCc3c[nH]c4ccc(F)cc34)CCNCC2)cc1OC1CCCC1. The molecule has 2 heterocycles. The minimum Gasteiger partial charge on any atom is -0.493 e. The molecule has 1 aliphatic heterocycles. The molecule has 2 fully saturated rings. The maximum absolute atomic E-state index is 13.7. The van der Waals surface area contributed by atoms with Gasteiger partial charge in [-0.2, -0.15) is 0 Å². The summed E-state index contributed by atoms with van der Waals surface area (Å²) in [6.07, 6.45) is 7.70. The summed E-state index contributed by atoms with van der Waals surface area (Å²) in [5.41, 5.74) is 1.17. The molecular weight excluding hydrogens is 487 g/mol. The summed E-state index contributed by atoms with van der Waals surface area (Å²) in [5, 5.41) is 10.1. The Morgan fingerprint density at radius 2 is 1.87 bits per heavy atom. The molecule has 1 aromatic heterocycles. The smallest absolute Gasteiger partial charge is 0.252 e. The van der Waals surface area contributed by atoms with Gasteiger partial charge < -0.3 is 30.4 Å². The van der Waals surface area contributed by atoms with Crippen LogP contribution in [0.25, 0.3) is 10.9 Å². The van der Waals surface area contributed by atoms with Crippen molar-refractivity contribution in [2.24, 2.45) is 0 Å². The highest BCUT2D eigenvalue weighted by Gasteiger charge is 2.41. The Labute approximate surface area is 221 Å². The average molecular weight is 523 g/mol. The van der Waals surface area contributed by atoms with E-state index < -0.39 is 5.54 Å². The summed E-state index contributed by atoms with van der Waals surface area (Å²) in [4.78, 5) is 30.0. The highest BCUT2D eigenvalue weighted by atomic mass is 19.1. The van der Waals surface area contributed by atoms with Crippen molar-refractivity contribution in [1.29, 1.82) is 0 Å². The number of carbonyl (C=O) groups excluding carboxylic acids is 2. The second kappa shape index (κ2) is 11.4. The van der Waals surface area contributed by atoms with Crippen LogP contribution < -0.4 is 25.4 Å². The van der Waals surface area contributed by atoms with Crippen molar-refractivity contribution >= 4 is 22.7 Å². The van der Waals surface area contributed by atoms with Gasteiger partial charge in [0.25, 0.3) is 5.91 Å². The monoisotopic (exact) mass is 522 g/mol. The molecule has 0 radical (unpaired) electrons. The molecular formula is C29H35FN4O4. The topological polar surface area (TPSA) is 104 Å². The molecule has 4 N–H and O–H groups in total. The Morgan fingerprint density at radius 1 is 1.08 bits per heavy atom. The Kier molecular flexibility index (Phi) is 7.83. The molecule has 3 aromatic rings. The molecule has 2 amide bonds. The lowest BCUT2D eigenvalue weighted by molar-refractivity contribution is -0.128. The number of nitrogens with one attached hydrogen (secondary N) is 4. The van der Waals surface area contributed by atoms with E-state index in [4.69, 9.17) is 9.47 Å². The van der Waals surface area contributed by atoms with E-state index in [1.165, 1.54) is 12.1 Å². The van der Waals surface area contributed by atoms with E-state index in [2.05, 4.69) is 20.9 Å². The summed E-state index contributed by atoms with van der Waals surface area (Å²) in [6.45, 7) is 1.61. The number of amides is 2. The zero-order valence-corrected chi connectivity index (χ0v) is 21.7. The number of hydrogen-bond acceptors (Lipinski definition) is 5. The first-order valence-corrected chi connectivity index (χ1v) is 13.4. The second-order valence-electron chi connectivity index (χ2n) is 10.2. The third-order valence-electron chi connectivity index (χ3n) is 7.68. The molecule has 1 saturated carbocycles. The standard InChI is InChI=1S/C29H35FN4O4/c1-37-25-9-6-19(16-26(25)38-22-4-2-3-5-22)27(35)34-29(11-14-31-15-12-29)28(36)32-13-10-20-18-33-24-8-7-21(30)17-23(20)24/h6-9,16-18,22,31,33H,2-5,10-15H2,1H3,(H,32,36)(H,34,35). The molecule has 1 saturated heterocycles. The number of halogens is 1. The highest BCUT2D eigenvalue weighted by molar-refractivity contribution is 5.99. The first-order valence-electron chi connectivity index (χ1n) is 13.4. The molecule has 0 bridgehead atoms. The van der Waals surface area contributed by atoms with Gasteiger partial charge in [0, 0.05) is 29.2 Å². The minimum absolute atomic E-state index is 0.123. The molecule has 2 aromatic carbocycles. The Balaban J connectivity index is 1.27. The van der Waals surface area contributed by atoms with Gasteiger partial charge in [0.2, 0.25) is 5.91 Å². The van der Waals surface area contributed by atoms with E-state index in [0.29, 0.717) is 56.0 Å². The molecule has 1 aliphatic carbocycles. The van der Waals surface area contributed by atoms with Gasteiger partial charge in [-0.25, -0.2) is 4.39 Å². The third-order valence-corrected chi connectivity index (χ3v) is 7.68. The van der Waals surface area contributed by atoms with E-state index in [9.17, 15) is 14.0 Å². The fourth-order valence-corrected chi connectivity index (χ4v) is 5.49. The third kappa shape index (κ3) is 5.62. The fourth-order valence-electron chi connectivity index (χ4n) is 5.49. The van der Waals surface area contributed by atoms with E-state index in [1.807, 2.05) is 6.20 Å². The van der Waals surface area contributed by atoms with E-state index >= 15 is 0 Å². The summed E-state index contributed by atoms with van der Waals surface area (Å²) in [5.74, 6) is 0.294. The summed E-state index contributed by atoms with van der Waals surface area (Å²) >= 11 is 0. The number of methoxy groups -OCH3 is 1. The number of H-pyrrole nitrogens is 1. The molecule has 0 unspecified atom stereocenters. The molecule has 202 valence electrons. The molecule has 38 heavy (non-hydrogen) atoms. The van der Waals surface area contributed by atoms with Gasteiger partial charge in [-0.3, -0.25) is 9.59 Å². The number of benzene rings is 2. The largest absolute Gasteiger partial charge is 0.493 e. The molecule has 0 atom stereocenters. The zero-order valence-electron chi connectivity index (χ0n) is 21.7. The lowest BCUT2D eigenvalue weighted by Crippen LogP contribution is -2.63. The molecule has 5 rings (SSSR count). The van der Waals surface area contributed by atoms with Gasteiger partial charge >= 0.3 is 0 Å². The molecule has 0 spiro atoms. The number of piperidine rings is 1. The van der Waals surface area contributed by atoms with Crippen LogP contribution in [0.3, 0.4) is 0 Å². The van der Waals surface area contributed by atoms with Crippen LogP contribution in [-0.2, 0) is 11.2 Å². The van der Waals surface area contributed by atoms with Gasteiger partial charge in [-0.1, -0.05) is 0 Å². The number of ether oxygens (including phenoxy) is 2. The van der Waals surface area contributed by atoms with Gasteiger partial charge in [-0.15, -0.1) is 0 Å². The highest BCUT2D eigenvalue weighted by Crippen LogP contribution is 2.33. The van der Waals surface area contributed by atoms with Crippen LogP contribution in [0.1, 0.15) is 54.4 Å². The van der Waals surface area contributed by atoms with Crippen LogP contribution in [-0.4, -0.2) is 55.2 Å². The van der Waals surface area contributed by atoms with Crippen molar-refractivity contribution in [2.45, 2.75) is 56.6 Å². The first-order chi connectivity index (χ1) is 18.5. The first kappa shape index (κ1) is 26.0. The van der Waals surface area contributed by atoms with Crippen LogP contribution >= 0.6 is 0 Å². The quantitative estimate of drug-likeness (QED) is 0.342. The predicted molar refractivity (Wildman–Crippen MR) is 143 cm³/mol. The second-order valence-corrected chi connectivity index (χ2v) is 10.2. The van der Waals surface area contributed by atoms with Crippen LogP contribution in [0.5, 0.6) is 11.5 Å². The van der Waals surface area contributed by atoms with Crippen LogP contribution in [0, 0.1) is 5.82 Å². The van der Waals surface area contributed by atoms with Gasteiger partial charge in [0.15, 0.2) is 11.5 Å². The number of carbonyl (C=O) groups is 2. The number of aromatic amines is 1. The van der Waals surface area contributed by atoms with E-state index in [1.54, 1.807) is 31.4 Å². The fraction of sp³-hybridized carbons (Fsp3) is 0.448. The van der Waals surface area contributed by atoms with Crippen LogP contribution in [0.15, 0.2) is 42.6 Å². The number of rotatable bonds is 9. The number of aromatic nitrogens is 1. The molecule has 9 heteroatoms. The van der Waals surface area contributed by atoms with Gasteiger partial charge in [0.1, 0.15) is 11.4 Å². The molecule has 8 nitrogen and oxygen atoms in total. The van der Waals surface area contributed by atoms with E-state index in [-0.39, 0.29) is 23.7 Å². The number of fused-ring (bicyclic) bond motifs is 1. The normalized spacial score (nSPS) is 17.3. The number of hydrogen-bond donors (Lipinski definition) is 4. The van der Waals surface area contributed by atoms with Crippen LogP contribution in [0.4, 0.5) is 4.39 Å². The lowest BCUT2D eigenvalue weighted by atomic mass is 9.86. The minimum atomic E-state index is -1.03. The van der Waals surface area contributed by atoms with Crippen molar-refractivity contribution in [3.63, 3.8) is 0 Å². The van der Waals surface area contributed by atoms with E-state index in [0.717, 1.165) is 42.1 Å². The maximum atomic E-state index is 13.7. The summed E-state index contributed by atoms with van der Waals surface area (Å²) in [7, 11) is 1.58. The van der Waals surface area contributed by atoms with Crippen molar-refractivity contribution in [3.8, 4) is 11.5 Å².